The summed E-state index contributed by atoms with van der Waals surface area (Å²) in [5.74, 6) is -5.76. The first-order valence-corrected chi connectivity index (χ1v) is 49.4. The molecule has 8 aromatic carbocycles. The Bertz CT molecular complexity index is 5270. The number of hydrogen-bond acceptors (Lipinski definition) is 24. The van der Waals surface area contributed by atoms with Crippen molar-refractivity contribution in [1.82, 2.24) is 21.3 Å². The Kier molecular flexibility index (Phi) is 33.6. The number of hydrogen-bond donors (Lipinski definition) is 12. The fourth-order valence-electron chi connectivity index (χ4n) is 17.0. The van der Waals surface area contributed by atoms with Crippen LogP contribution in [0.15, 0.2) is 97.1 Å². The molecule has 13 rings (SSSR count). The van der Waals surface area contributed by atoms with Crippen LogP contribution in [0.2, 0.25) is 0 Å². The summed E-state index contributed by atoms with van der Waals surface area (Å²) < 4.78 is 83.3. The van der Waals surface area contributed by atoms with Gasteiger partial charge in [-0.2, -0.15) is 0 Å². The molecule has 36 heteroatoms. The van der Waals surface area contributed by atoms with E-state index in [0.29, 0.717) is 44.5 Å². The highest BCUT2D eigenvalue weighted by Gasteiger charge is 2.42. The van der Waals surface area contributed by atoms with Gasteiger partial charge in [0.15, 0.2) is 46.0 Å². The molecule has 1 aliphatic carbocycles. The molecule has 16 bridgehead atoms. The molecule has 0 unspecified atom stereocenters. The van der Waals surface area contributed by atoms with Crippen LogP contribution in [0.5, 0.6) is 92.0 Å². The van der Waals surface area contributed by atoms with E-state index < -0.39 is 118 Å². The molecule has 4 aliphatic heterocycles. The van der Waals surface area contributed by atoms with Crippen molar-refractivity contribution in [2.75, 3.05) is 68.7 Å². The highest BCUT2D eigenvalue weighted by molar-refractivity contribution is 6.04. The molecule has 0 fully saturated rings. The predicted octanol–water partition coefficient (Wildman–Crippen LogP) is 24.1. The molecule has 0 saturated carbocycles. The molecule has 5 aliphatic rings. The van der Waals surface area contributed by atoms with Crippen molar-refractivity contribution >= 4 is 117 Å². The standard InChI is InChI=1S/C108H132N12O24/c1-21-93(121)113-69-45-85-86(46-70(69)114-94(122)22-2)134-78-53-77(133-85)61-41-62(78)58(34-30-38-110-102(130)142-106(12,13)14)64-43-66(82-55-80(64)136-89-49-73(117-97(125)25-5)74(50-90(89)138-82)118-98(126)26-6)60(36-32-40-112-104(132)144-108(18,19)20)68-44-67(83-56-84(68)140-92-52-76(120-100(128)28-8)75(51-91(92)139-83)119-99(127)27-7)59(35-31-39-111-103(131)143-107(15,16)17)65-42-63(57(61)33-29-37-109-101(129)141-105(9,10)11)79-54-81(65)137-88-48-72(116-96(124)24-4)71(47-87(88)135-79)115-95(123)23-3/h41-60H,21-40H2,1-20H3,(H,109,129)(H,110,130)(H,111,131)(H,112,132)(H,113,121)(H,114,122)(H,115,123)(H,116,124)(H,117,125)(H,118,126)(H,119,127)(H,120,128). The zero-order valence-electron chi connectivity index (χ0n) is 85.5. The van der Waals surface area contributed by atoms with E-state index >= 15 is 0 Å². The van der Waals surface area contributed by atoms with Crippen molar-refractivity contribution in [3.05, 3.63) is 142 Å². The van der Waals surface area contributed by atoms with Gasteiger partial charge in [-0.25, -0.2) is 19.2 Å². The number of carbonyl (C=O) groups excluding carboxylic acids is 12. The minimum Gasteiger partial charge on any atom is -0.453 e. The number of carbonyl (C=O) groups is 12. The lowest BCUT2D eigenvalue weighted by atomic mass is 9.76. The van der Waals surface area contributed by atoms with E-state index in [9.17, 15) is 57.5 Å². The predicted molar refractivity (Wildman–Crippen MR) is 545 cm³/mol. The van der Waals surface area contributed by atoms with Crippen LogP contribution >= 0.6 is 0 Å². The molecule has 36 nitrogen and oxygen atoms in total. The molecule has 12 amide bonds. The van der Waals surface area contributed by atoms with Gasteiger partial charge in [0, 0.05) is 219 Å². The van der Waals surface area contributed by atoms with Crippen LogP contribution < -0.4 is 102 Å². The largest absolute Gasteiger partial charge is 0.453 e. The van der Waals surface area contributed by atoms with Gasteiger partial charge in [0.05, 0.1) is 45.5 Å². The summed E-state index contributed by atoms with van der Waals surface area (Å²) in [7, 11) is 0. The van der Waals surface area contributed by atoms with Gasteiger partial charge in [0.2, 0.25) is 47.3 Å². The summed E-state index contributed by atoms with van der Waals surface area (Å²) in [6.07, 6.45) is -1.68. The van der Waals surface area contributed by atoms with E-state index in [1.54, 1.807) is 211 Å². The third-order valence-corrected chi connectivity index (χ3v) is 23.8. The molecule has 4 heterocycles. The Balaban J connectivity index is 1.24. The van der Waals surface area contributed by atoms with Crippen molar-refractivity contribution in [3.63, 3.8) is 0 Å². The van der Waals surface area contributed by atoms with E-state index in [1.807, 2.05) is 24.3 Å². The van der Waals surface area contributed by atoms with Crippen molar-refractivity contribution in [1.29, 1.82) is 0 Å². The van der Waals surface area contributed by atoms with Gasteiger partial charge in [-0.3, -0.25) is 38.4 Å². The van der Waals surface area contributed by atoms with Crippen LogP contribution in [0, 0.1) is 0 Å². The lowest BCUT2D eigenvalue weighted by Crippen LogP contribution is -2.33. The Labute approximate surface area is 838 Å². The smallest absolute Gasteiger partial charge is 0.407 e. The minimum absolute atomic E-state index is 0.00478. The van der Waals surface area contributed by atoms with E-state index in [-0.39, 0.29) is 266 Å². The first kappa shape index (κ1) is 106. The quantitative estimate of drug-likeness (QED) is 0.0138. The zero-order valence-corrected chi connectivity index (χ0v) is 85.5. The molecular formula is C108H132N12O24. The van der Waals surface area contributed by atoms with Crippen LogP contribution in [0.3, 0.4) is 0 Å². The first-order chi connectivity index (χ1) is 68.3. The van der Waals surface area contributed by atoms with Gasteiger partial charge in [0.1, 0.15) is 68.4 Å². The van der Waals surface area contributed by atoms with Gasteiger partial charge in [-0.05, 0) is 159 Å². The number of benzene rings is 8. The molecule has 0 radical (unpaired) electrons. The topological polar surface area (TPSA) is 460 Å². The number of amides is 12. The number of anilines is 8. The third kappa shape index (κ3) is 27.1. The fraction of sp³-hybridized carbons (Fsp3) is 0.444. The lowest BCUT2D eigenvalue weighted by Gasteiger charge is -2.30. The molecule has 0 atom stereocenters. The summed E-state index contributed by atoms with van der Waals surface area (Å²) in [5, 5.41) is 35.8. The normalized spacial score (nSPS) is 14.8. The zero-order chi connectivity index (χ0) is 104. The second-order valence-corrected chi connectivity index (χ2v) is 39.6. The monoisotopic (exact) mass is 1980 g/mol. The van der Waals surface area contributed by atoms with E-state index in [1.165, 1.54) is 0 Å². The maximum absolute atomic E-state index is 14.1. The summed E-state index contributed by atoms with van der Waals surface area (Å²) in [4.78, 5) is 168. The van der Waals surface area contributed by atoms with Crippen molar-refractivity contribution in [2.24, 2.45) is 0 Å². The van der Waals surface area contributed by atoms with Crippen molar-refractivity contribution in [2.45, 2.75) is 287 Å². The van der Waals surface area contributed by atoms with E-state index in [4.69, 9.17) is 56.8 Å². The van der Waals surface area contributed by atoms with Crippen LogP contribution in [-0.4, -0.2) is 120 Å². The minimum atomic E-state index is -1.04. The lowest BCUT2D eigenvalue weighted by molar-refractivity contribution is -0.116. The second kappa shape index (κ2) is 45.5. The first-order valence-electron chi connectivity index (χ1n) is 49.4. The molecule has 0 spiro atoms. The molecule has 768 valence electrons. The van der Waals surface area contributed by atoms with Crippen LogP contribution in [0.1, 0.15) is 309 Å². The Morgan fingerprint density at radius 2 is 0.340 bits per heavy atom. The number of rotatable bonds is 32. The average molecular weight is 1980 g/mol. The molecule has 0 saturated heterocycles. The third-order valence-electron chi connectivity index (χ3n) is 23.8. The van der Waals surface area contributed by atoms with Crippen LogP contribution in [0.4, 0.5) is 64.7 Å². The average Bonchev–Trinajstić information content (AvgIpc) is 1.48. The Morgan fingerprint density at radius 3 is 0.458 bits per heavy atom. The summed E-state index contributed by atoms with van der Waals surface area (Å²) in [6, 6.07) is 27.3. The molecular weight excluding hydrogens is 1850 g/mol. The summed E-state index contributed by atoms with van der Waals surface area (Å²) in [6.45, 7) is 34.4. The number of nitrogens with one attached hydrogen (secondary N) is 12. The van der Waals surface area contributed by atoms with Crippen molar-refractivity contribution in [3.8, 4) is 92.0 Å². The van der Waals surface area contributed by atoms with Gasteiger partial charge < -0.3 is 121 Å². The Hall–Kier alpha value is -15.0. The highest BCUT2D eigenvalue weighted by atomic mass is 16.6. The maximum atomic E-state index is 14.1. The number of alkyl carbamates (subject to hydrolysis) is 4. The van der Waals surface area contributed by atoms with Gasteiger partial charge in [-0.15, -0.1) is 0 Å². The van der Waals surface area contributed by atoms with E-state index in [0.717, 1.165) is 0 Å². The summed E-state index contributed by atoms with van der Waals surface area (Å²) in [5.41, 5.74) is 0.847. The summed E-state index contributed by atoms with van der Waals surface area (Å²) >= 11 is 0. The molecule has 12 N–H and O–H groups in total. The van der Waals surface area contributed by atoms with Crippen LogP contribution in [0.25, 0.3) is 0 Å². The van der Waals surface area contributed by atoms with Crippen LogP contribution in [-0.2, 0) is 57.3 Å². The van der Waals surface area contributed by atoms with Gasteiger partial charge in [0.25, 0.3) is 0 Å². The fourth-order valence-corrected chi connectivity index (χ4v) is 17.0. The second-order valence-electron chi connectivity index (χ2n) is 39.6. The van der Waals surface area contributed by atoms with E-state index in [2.05, 4.69) is 63.8 Å². The Morgan fingerprint density at radius 1 is 0.208 bits per heavy atom. The van der Waals surface area contributed by atoms with Gasteiger partial charge in [-0.1, -0.05) is 55.4 Å². The highest BCUT2D eigenvalue weighted by Crippen LogP contribution is 2.61. The number of ether oxygens (including phenoxy) is 12. The maximum Gasteiger partial charge on any atom is 0.407 e. The van der Waals surface area contributed by atoms with Gasteiger partial charge >= 0.3 is 24.4 Å². The SMILES string of the molecule is CCC(=O)Nc1cc2c(cc1NC(=O)CC)Oc1cc(c3cc1C(CCCNC(=O)OC(C)(C)C)c1cc(c4cc1Oc1cc(NC(=O)CC)c(NC(=O)CC)cc1O4)C(CCCNC(=O)OC(C)(C)C)c1cc(c4cc1Oc1cc(NC(=O)CC)c(NC(=O)CC)cc1O4)C(CCCNC(=O)OC(C)(C)C)c1cc(c4cc1Oc1cc(NC(=O)CC)c(NC(=O)CC)cc1O4)C3CCCNC(=O)OC(C)(C)C)O2. The number of fused-ring (bicyclic) bond motifs is 28. The molecule has 144 heavy (non-hydrogen) atoms. The van der Waals surface area contributed by atoms with Crippen molar-refractivity contribution < 1.29 is 114 Å². The molecule has 0 aromatic heterocycles. The molecule has 8 aromatic rings.